The molecule has 1 aliphatic carbocycles. The van der Waals surface area contributed by atoms with Gasteiger partial charge in [0.2, 0.25) is 0 Å². The maximum absolute atomic E-state index is 5.76. The minimum absolute atomic E-state index is 0. The van der Waals surface area contributed by atoms with Gasteiger partial charge in [-0.15, -0.1) is 24.0 Å². The van der Waals surface area contributed by atoms with Crippen molar-refractivity contribution in [3.63, 3.8) is 0 Å². The number of likely N-dealkylation sites (N-methyl/N-ethyl adjacent to an activating group) is 1. The second kappa shape index (κ2) is 13.1. The van der Waals surface area contributed by atoms with Crippen LogP contribution >= 0.6 is 24.0 Å². The number of guanidine groups is 1. The smallest absolute Gasteiger partial charge is 0.193 e. The standard InChI is InChI=1S/C19H38N4O.HI/c1-4-10-23-11-8-17(9-12-23)15-21-19(20-5-2)22(3)13-14-24-16-18-6-7-18;/h17-18H,4-16H2,1-3H3,(H,20,21);1H. The first kappa shape index (κ1) is 23.0. The molecule has 0 spiro atoms. The molecule has 1 saturated heterocycles. The van der Waals surface area contributed by atoms with E-state index in [4.69, 9.17) is 9.73 Å². The predicted octanol–water partition coefficient (Wildman–Crippen LogP) is 3.05. The number of halogens is 1. The first-order chi connectivity index (χ1) is 11.7. The third kappa shape index (κ3) is 9.43. The van der Waals surface area contributed by atoms with E-state index in [-0.39, 0.29) is 24.0 Å². The average Bonchev–Trinajstić information content (AvgIpc) is 3.41. The molecule has 2 aliphatic rings. The second-order valence-corrected chi connectivity index (χ2v) is 7.42. The predicted molar refractivity (Wildman–Crippen MR) is 117 cm³/mol. The van der Waals surface area contributed by atoms with Gasteiger partial charge in [0.25, 0.3) is 0 Å². The molecule has 0 aromatic heterocycles. The average molecular weight is 466 g/mol. The quantitative estimate of drug-likeness (QED) is 0.233. The van der Waals surface area contributed by atoms with Crippen LogP contribution < -0.4 is 5.32 Å². The summed E-state index contributed by atoms with van der Waals surface area (Å²) in [5.41, 5.74) is 0. The molecule has 0 radical (unpaired) electrons. The molecule has 0 unspecified atom stereocenters. The van der Waals surface area contributed by atoms with Crippen molar-refractivity contribution in [3.8, 4) is 0 Å². The van der Waals surface area contributed by atoms with Crippen LogP contribution in [0.15, 0.2) is 4.99 Å². The van der Waals surface area contributed by atoms with Crippen molar-refractivity contribution in [1.82, 2.24) is 15.1 Å². The van der Waals surface area contributed by atoms with Crippen LogP contribution in [0.1, 0.15) is 46.0 Å². The van der Waals surface area contributed by atoms with Crippen molar-refractivity contribution >= 4 is 29.9 Å². The lowest BCUT2D eigenvalue weighted by Gasteiger charge is -2.31. The van der Waals surface area contributed by atoms with Crippen molar-refractivity contribution in [1.29, 1.82) is 0 Å². The molecule has 1 saturated carbocycles. The van der Waals surface area contributed by atoms with Gasteiger partial charge in [-0.05, 0) is 70.5 Å². The number of ether oxygens (including phenoxy) is 1. The van der Waals surface area contributed by atoms with Gasteiger partial charge in [-0.1, -0.05) is 6.92 Å². The van der Waals surface area contributed by atoms with E-state index < -0.39 is 0 Å². The van der Waals surface area contributed by atoms with Gasteiger partial charge in [0.1, 0.15) is 0 Å². The van der Waals surface area contributed by atoms with E-state index in [0.29, 0.717) is 0 Å². The highest BCUT2D eigenvalue weighted by molar-refractivity contribution is 14.0. The van der Waals surface area contributed by atoms with Crippen molar-refractivity contribution < 1.29 is 4.74 Å². The van der Waals surface area contributed by atoms with E-state index in [9.17, 15) is 0 Å². The molecule has 2 fully saturated rings. The van der Waals surface area contributed by atoms with E-state index in [1.807, 2.05) is 0 Å². The molecule has 148 valence electrons. The Morgan fingerprint density at radius 3 is 2.48 bits per heavy atom. The number of aliphatic imine (C=N–C) groups is 1. The molecule has 1 heterocycles. The summed E-state index contributed by atoms with van der Waals surface area (Å²) in [4.78, 5) is 9.69. The first-order valence-electron chi connectivity index (χ1n) is 10.0. The summed E-state index contributed by atoms with van der Waals surface area (Å²) in [5, 5.41) is 3.42. The van der Waals surface area contributed by atoms with Crippen LogP contribution in [0.2, 0.25) is 0 Å². The van der Waals surface area contributed by atoms with Crippen LogP contribution in [-0.4, -0.2) is 75.3 Å². The van der Waals surface area contributed by atoms with Gasteiger partial charge in [0, 0.05) is 33.3 Å². The topological polar surface area (TPSA) is 40.1 Å². The SMILES string of the molecule is CCCN1CCC(CN=C(NCC)N(C)CCOCC2CC2)CC1.I. The number of piperidine rings is 1. The van der Waals surface area contributed by atoms with Crippen LogP contribution in [0.25, 0.3) is 0 Å². The molecule has 0 atom stereocenters. The van der Waals surface area contributed by atoms with Crippen molar-refractivity contribution in [3.05, 3.63) is 0 Å². The Morgan fingerprint density at radius 1 is 1.16 bits per heavy atom. The number of hydrogen-bond acceptors (Lipinski definition) is 3. The molecule has 0 amide bonds. The highest BCUT2D eigenvalue weighted by atomic mass is 127. The number of rotatable bonds is 10. The summed E-state index contributed by atoms with van der Waals surface area (Å²) < 4.78 is 5.76. The fraction of sp³-hybridized carbons (Fsp3) is 0.947. The van der Waals surface area contributed by atoms with Crippen LogP contribution in [0, 0.1) is 11.8 Å². The molecule has 0 bridgehead atoms. The van der Waals surface area contributed by atoms with Crippen molar-refractivity contribution in [2.45, 2.75) is 46.0 Å². The molecule has 25 heavy (non-hydrogen) atoms. The van der Waals surface area contributed by atoms with E-state index in [2.05, 4.69) is 36.0 Å². The second-order valence-electron chi connectivity index (χ2n) is 7.42. The van der Waals surface area contributed by atoms with Gasteiger partial charge in [-0.25, -0.2) is 0 Å². The lowest BCUT2D eigenvalue weighted by atomic mass is 9.97. The van der Waals surface area contributed by atoms with Crippen LogP contribution in [0.4, 0.5) is 0 Å². The van der Waals surface area contributed by atoms with Crippen molar-refractivity contribution in [2.24, 2.45) is 16.8 Å². The van der Waals surface area contributed by atoms with E-state index in [1.54, 1.807) is 0 Å². The van der Waals surface area contributed by atoms with Gasteiger partial charge >= 0.3 is 0 Å². The largest absolute Gasteiger partial charge is 0.379 e. The number of likely N-dealkylation sites (tertiary alicyclic amines) is 1. The zero-order valence-electron chi connectivity index (χ0n) is 16.5. The number of nitrogens with zero attached hydrogens (tertiary/aromatic N) is 3. The molecule has 1 N–H and O–H groups in total. The number of nitrogens with one attached hydrogen (secondary N) is 1. The molecular weight excluding hydrogens is 427 g/mol. The van der Waals surface area contributed by atoms with Crippen LogP contribution in [0.3, 0.4) is 0 Å². The fourth-order valence-corrected chi connectivity index (χ4v) is 3.24. The summed E-state index contributed by atoms with van der Waals surface area (Å²) in [6, 6.07) is 0. The molecule has 0 aromatic carbocycles. The van der Waals surface area contributed by atoms with Crippen molar-refractivity contribution in [2.75, 3.05) is 59.5 Å². The van der Waals surface area contributed by atoms with Gasteiger partial charge in [0.15, 0.2) is 5.96 Å². The van der Waals surface area contributed by atoms with Crippen LogP contribution in [0.5, 0.6) is 0 Å². The maximum atomic E-state index is 5.76. The van der Waals surface area contributed by atoms with E-state index >= 15 is 0 Å². The Kier molecular flexibility index (Phi) is 12.1. The molecule has 0 aromatic rings. The minimum Gasteiger partial charge on any atom is -0.379 e. The summed E-state index contributed by atoms with van der Waals surface area (Å²) in [6.07, 6.45) is 6.56. The Balaban J connectivity index is 0.00000312. The van der Waals surface area contributed by atoms with Gasteiger partial charge < -0.3 is 19.9 Å². The Hall–Kier alpha value is -0.0800. The zero-order valence-corrected chi connectivity index (χ0v) is 18.8. The van der Waals surface area contributed by atoms with Gasteiger partial charge in [-0.3, -0.25) is 4.99 Å². The Morgan fingerprint density at radius 2 is 1.88 bits per heavy atom. The summed E-state index contributed by atoms with van der Waals surface area (Å²) >= 11 is 0. The first-order valence-corrected chi connectivity index (χ1v) is 10.0. The molecule has 2 rings (SSSR count). The summed E-state index contributed by atoms with van der Waals surface area (Å²) in [6.45, 7) is 12.7. The third-order valence-corrected chi connectivity index (χ3v) is 5.06. The van der Waals surface area contributed by atoms with E-state index in [0.717, 1.165) is 50.6 Å². The third-order valence-electron chi connectivity index (χ3n) is 5.06. The van der Waals surface area contributed by atoms with Crippen LogP contribution in [-0.2, 0) is 4.74 Å². The highest BCUT2D eigenvalue weighted by Crippen LogP contribution is 2.28. The molecule has 1 aliphatic heterocycles. The summed E-state index contributed by atoms with van der Waals surface area (Å²) in [7, 11) is 2.12. The molecule has 6 heteroatoms. The molecule has 5 nitrogen and oxygen atoms in total. The monoisotopic (exact) mass is 466 g/mol. The molecular formula is C19H39IN4O. The fourth-order valence-electron chi connectivity index (χ4n) is 3.24. The number of hydrogen-bond donors (Lipinski definition) is 1. The minimum atomic E-state index is 0. The van der Waals surface area contributed by atoms with Gasteiger partial charge in [0.05, 0.1) is 6.61 Å². The highest BCUT2D eigenvalue weighted by Gasteiger charge is 2.21. The summed E-state index contributed by atoms with van der Waals surface area (Å²) in [5.74, 6) is 2.62. The zero-order chi connectivity index (χ0) is 17.2. The van der Waals surface area contributed by atoms with E-state index in [1.165, 1.54) is 51.7 Å². The van der Waals surface area contributed by atoms with Gasteiger partial charge in [-0.2, -0.15) is 0 Å². The lowest BCUT2D eigenvalue weighted by Crippen LogP contribution is -2.41. The Labute approximate surface area is 172 Å². The lowest BCUT2D eigenvalue weighted by molar-refractivity contribution is 0.115. The maximum Gasteiger partial charge on any atom is 0.193 e. The normalized spacial score (nSPS) is 19.6. The Bertz CT molecular complexity index is 368.